The second kappa shape index (κ2) is 5.81. The van der Waals surface area contributed by atoms with Crippen LogP contribution in [-0.4, -0.2) is 22.1 Å². The van der Waals surface area contributed by atoms with Crippen LogP contribution in [0.4, 0.5) is 0 Å². The lowest BCUT2D eigenvalue weighted by molar-refractivity contribution is 0.421. The van der Waals surface area contributed by atoms with E-state index in [1.807, 2.05) is 18.7 Å². The molecule has 0 saturated heterocycles. The molecule has 0 aliphatic carbocycles. The molecule has 1 aromatic heterocycles. The summed E-state index contributed by atoms with van der Waals surface area (Å²) in [5.74, 6) is 0. The van der Waals surface area contributed by atoms with Crippen molar-refractivity contribution in [2.75, 3.05) is 6.54 Å². The molecule has 0 aromatic carbocycles. The maximum atomic E-state index is 4.05. The highest BCUT2D eigenvalue weighted by Gasteiger charge is 2.06. The van der Waals surface area contributed by atoms with E-state index in [1.165, 1.54) is 12.8 Å². The molecule has 1 N–H and O–H groups in total. The summed E-state index contributed by atoms with van der Waals surface area (Å²) >= 11 is 0. The molecule has 3 nitrogen and oxygen atoms in total. The smallest absolute Gasteiger partial charge is 0.0948 e. The number of nitrogens with one attached hydrogen (secondary N) is 1. The van der Waals surface area contributed by atoms with Crippen molar-refractivity contribution in [1.82, 2.24) is 14.9 Å². The number of imidazole rings is 1. The highest BCUT2D eigenvalue weighted by Crippen LogP contribution is 2.04. The molecule has 1 aromatic rings. The van der Waals surface area contributed by atoms with Crippen molar-refractivity contribution in [3.8, 4) is 0 Å². The molecule has 0 aliphatic rings. The van der Waals surface area contributed by atoms with Crippen molar-refractivity contribution in [1.29, 1.82) is 0 Å². The highest BCUT2D eigenvalue weighted by atomic mass is 15.1. The molecule has 14 heavy (non-hydrogen) atoms. The Labute approximate surface area is 86.5 Å². The van der Waals surface area contributed by atoms with Gasteiger partial charge in [0.05, 0.1) is 6.33 Å². The standard InChI is InChI=1S/C11H21N3/c1-4-11(5-2)13-8-10(3)14-7-6-12-9-14/h6-7,9-11,13H,4-5,8H2,1-3H3. The molecular weight excluding hydrogens is 174 g/mol. The number of hydrogen-bond acceptors (Lipinski definition) is 2. The van der Waals surface area contributed by atoms with Crippen molar-refractivity contribution < 1.29 is 0 Å². The lowest BCUT2D eigenvalue weighted by atomic mass is 10.1. The Bertz CT molecular complexity index is 227. The Balaban J connectivity index is 2.31. The van der Waals surface area contributed by atoms with Crippen LogP contribution in [0, 0.1) is 0 Å². The highest BCUT2D eigenvalue weighted by molar-refractivity contribution is 4.80. The predicted octanol–water partition coefficient (Wildman–Crippen LogP) is 2.22. The molecule has 0 amide bonds. The second-order valence-corrected chi connectivity index (χ2v) is 3.78. The predicted molar refractivity (Wildman–Crippen MR) is 59.3 cm³/mol. The number of nitrogens with zero attached hydrogens (tertiary/aromatic N) is 2. The lowest BCUT2D eigenvalue weighted by Crippen LogP contribution is -2.32. The van der Waals surface area contributed by atoms with E-state index < -0.39 is 0 Å². The molecular formula is C11H21N3. The van der Waals surface area contributed by atoms with Gasteiger partial charge < -0.3 is 9.88 Å². The summed E-state index contributed by atoms with van der Waals surface area (Å²) in [5, 5.41) is 3.56. The third-order valence-corrected chi connectivity index (χ3v) is 2.72. The van der Waals surface area contributed by atoms with Gasteiger partial charge in [-0.3, -0.25) is 0 Å². The van der Waals surface area contributed by atoms with Gasteiger partial charge in [0.25, 0.3) is 0 Å². The topological polar surface area (TPSA) is 29.9 Å². The Morgan fingerprint density at radius 1 is 1.36 bits per heavy atom. The number of rotatable bonds is 6. The van der Waals surface area contributed by atoms with Crippen LogP contribution in [0.15, 0.2) is 18.7 Å². The van der Waals surface area contributed by atoms with Crippen molar-refractivity contribution in [3.05, 3.63) is 18.7 Å². The van der Waals surface area contributed by atoms with Gasteiger partial charge in [0.2, 0.25) is 0 Å². The summed E-state index contributed by atoms with van der Waals surface area (Å²) in [6, 6.07) is 1.14. The minimum Gasteiger partial charge on any atom is -0.333 e. The van der Waals surface area contributed by atoms with E-state index in [1.54, 1.807) is 0 Å². The summed E-state index contributed by atoms with van der Waals surface area (Å²) in [5.41, 5.74) is 0. The molecule has 0 bridgehead atoms. The fraction of sp³-hybridized carbons (Fsp3) is 0.727. The maximum absolute atomic E-state index is 4.05. The van der Waals surface area contributed by atoms with Crippen LogP contribution in [0.3, 0.4) is 0 Å². The molecule has 1 atom stereocenters. The van der Waals surface area contributed by atoms with Crippen LogP contribution in [0.1, 0.15) is 39.7 Å². The first-order valence-corrected chi connectivity index (χ1v) is 5.48. The first-order valence-electron chi connectivity index (χ1n) is 5.48. The van der Waals surface area contributed by atoms with Gasteiger partial charge in [-0.2, -0.15) is 0 Å². The summed E-state index contributed by atoms with van der Waals surface area (Å²) in [7, 11) is 0. The minimum absolute atomic E-state index is 0.484. The Morgan fingerprint density at radius 2 is 2.07 bits per heavy atom. The van der Waals surface area contributed by atoms with Crippen LogP contribution >= 0.6 is 0 Å². The van der Waals surface area contributed by atoms with Crippen LogP contribution in [0.5, 0.6) is 0 Å². The zero-order valence-corrected chi connectivity index (χ0v) is 9.40. The van der Waals surface area contributed by atoms with E-state index in [9.17, 15) is 0 Å². The van der Waals surface area contributed by atoms with E-state index >= 15 is 0 Å². The van der Waals surface area contributed by atoms with Gasteiger partial charge in [0.1, 0.15) is 0 Å². The molecule has 3 heteroatoms. The normalized spacial score (nSPS) is 13.4. The molecule has 80 valence electrons. The number of hydrogen-bond donors (Lipinski definition) is 1. The Morgan fingerprint density at radius 3 is 2.57 bits per heavy atom. The second-order valence-electron chi connectivity index (χ2n) is 3.78. The molecule has 1 rings (SSSR count). The zero-order valence-electron chi connectivity index (χ0n) is 9.40. The van der Waals surface area contributed by atoms with Gasteiger partial charge in [-0.1, -0.05) is 13.8 Å². The van der Waals surface area contributed by atoms with Gasteiger partial charge in [0.15, 0.2) is 0 Å². The van der Waals surface area contributed by atoms with Gasteiger partial charge in [-0.25, -0.2) is 4.98 Å². The maximum Gasteiger partial charge on any atom is 0.0948 e. The van der Waals surface area contributed by atoms with E-state index in [-0.39, 0.29) is 0 Å². The first-order chi connectivity index (χ1) is 6.77. The van der Waals surface area contributed by atoms with Crippen LogP contribution in [-0.2, 0) is 0 Å². The third-order valence-electron chi connectivity index (χ3n) is 2.72. The van der Waals surface area contributed by atoms with Gasteiger partial charge >= 0.3 is 0 Å². The van der Waals surface area contributed by atoms with Crippen molar-refractivity contribution >= 4 is 0 Å². The molecule has 1 unspecified atom stereocenters. The summed E-state index contributed by atoms with van der Waals surface area (Å²) in [6.07, 6.45) is 8.12. The largest absolute Gasteiger partial charge is 0.333 e. The Kier molecular flexibility index (Phi) is 4.66. The lowest BCUT2D eigenvalue weighted by Gasteiger charge is -2.19. The molecule has 0 spiro atoms. The minimum atomic E-state index is 0.484. The molecule has 0 fully saturated rings. The fourth-order valence-electron chi connectivity index (χ4n) is 1.55. The van der Waals surface area contributed by atoms with E-state index in [0.717, 1.165) is 6.54 Å². The SMILES string of the molecule is CCC(CC)NCC(C)n1ccnc1. The molecule has 0 aliphatic heterocycles. The Hall–Kier alpha value is -0.830. The molecule has 1 heterocycles. The zero-order chi connectivity index (χ0) is 10.4. The van der Waals surface area contributed by atoms with E-state index in [2.05, 4.69) is 35.6 Å². The van der Waals surface area contributed by atoms with E-state index in [0.29, 0.717) is 12.1 Å². The van der Waals surface area contributed by atoms with Gasteiger partial charge in [-0.05, 0) is 19.8 Å². The van der Waals surface area contributed by atoms with Crippen molar-refractivity contribution in [2.45, 2.75) is 45.7 Å². The average Bonchev–Trinajstić information content (AvgIpc) is 2.72. The molecule has 0 radical (unpaired) electrons. The fourth-order valence-corrected chi connectivity index (χ4v) is 1.55. The average molecular weight is 195 g/mol. The monoisotopic (exact) mass is 195 g/mol. The van der Waals surface area contributed by atoms with Crippen LogP contribution < -0.4 is 5.32 Å². The molecule has 0 saturated carbocycles. The van der Waals surface area contributed by atoms with Crippen LogP contribution in [0.2, 0.25) is 0 Å². The third kappa shape index (κ3) is 3.14. The van der Waals surface area contributed by atoms with Crippen molar-refractivity contribution in [2.24, 2.45) is 0 Å². The van der Waals surface area contributed by atoms with Crippen molar-refractivity contribution in [3.63, 3.8) is 0 Å². The van der Waals surface area contributed by atoms with Gasteiger partial charge in [-0.15, -0.1) is 0 Å². The summed E-state index contributed by atoms with van der Waals surface area (Å²) in [6.45, 7) is 7.67. The first kappa shape index (κ1) is 11.2. The van der Waals surface area contributed by atoms with Gasteiger partial charge in [0, 0.05) is 31.0 Å². The van der Waals surface area contributed by atoms with Crippen LogP contribution in [0.25, 0.3) is 0 Å². The number of aromatic nitrogens is 2. The van der Waals surface area contributed by atoms with E-state index in [4.69, 9.17) is 0 Å². The summed E-state index contributed by atoms with van der Waals surface area (Å²) < 4.78 is 2.13. The quantitative estimate of drug-likeness (QED) is 0.754. The summed E-state index contributed by atoms with van der Waals surface area (Å²) in [4.78, 5) is 4.05.